The normalized spacial score (nSPS) is 11.0. The van der Waals surface area contributed by atoms with E-state index in [0.717, 1.165) is 5.56 Å². The van der Waals surface area contributed by atoms with Crippen molar-refractivity contribution in [1.82, 2.24) is 0 Å². The number of halogens is 1. The summed E-state index contributed by atoms with van der Waals surface area (Å²) in [7, 11) is 0. The Hall–Kier alpha value is -3.34. The lowest BCUT2D eigenvalue weighted by Gasteiger charge is -2.07. The number of benzene rings is 2. The number of hydrogen-bond donors (Lipinski definition) is 1. The van der Waals surface area contributed by atoms with Crippen molar-refractivity contribution in [2.75, 3.05) is 5.32 Å². The summed E-state index contributed by atoms with van der Waals surface area (Å²) in [6.45, 7) is 2.15. The van der Waals surface area contributed by atoms with Gasteiger partial charge in [0.2, 0.25) is 5.88 Å². The van der Waals surface area contributed by atoms with Gasteiger partial charge in [0.15, 0.2) is 0 Å². The molecule has 0 bridgehead atoms. The standard InChI is InChI=1S/C21H16FNO3/c1-13-11-17-19(21(24)25-13)18(15-9-5-6-10-16(15)22)20(26-17)23-12-14-7-3-2-4-8-14/h2-11,23H,12H2,1H3. The Kier molecular flexibility index (Phi) is 4.05. The molecule has 4 nitrogen and oxygen atoms in total. The number of furan rings is 1. The minimum absolute atomic E-state index is 0.233. The van der Waals surface area contributed by atoms with Gasteiger partial charge in [-0.25, -0.2) is 9.18 Å². The molecule has 0 aliphatic carbocycles. The van der Waals surface area contributed by atoms with Crippen LogP contribution in [0.25, 0.3) is 22.1 Å². The molecule has 0 aliphatic rings. The second kappa shape index (κ2) is 6.52. The van der Waals surface area contributed by atoms with E-state index < -0.39 is 11.4 Å². The molecule has 0 unspecified atom stereocenters. The van der Waals surface area contributed by atoms with Gasteiger partial charge in [-0.1, -0.05) is 48.5 Å². The molecule has 26 heavy (non-hydrogen) atoms. The molecule has 2 heterocycles. The lowest BCUT2D eigenvalue weighted by atomic mass is 10.0. The van der Waals surface area contributed by atoms with E-state index in [-0.39, 0.29) is 10.9 Å². The first-order valence-corrected chi connectivity index (χ1v) is 8.23. The lowest BCUT2D eigenvalue weighted by molar-refractivity contribution is 0.485. The van der Waals surface area contributed by atoms with Crippen molar-refractivity contribution >= 4 is 16.9 Å². The number of anilines is 1. The molecule has 0 spiro atoms. The summed E-state index contributed by atoms with van der Waals surface area (Å²) in [4.78, 5) is 12.4. The molecule has 2 aromatic heterocycles. The molecule has 0 aliphatic heterocycles. The predicted octanol–water partition coefficient (Wildman–Crippen LogP) is 5.11. The Morgan fingerprint density at radius 1 is 1.00 bits per heavy atom. The molecular formula is C21H16FNO3. The Morgan fingerprint density at radius 3 is 2.50 bits per heavy atom. The van der Waals surface area contributed by atoms with Crippen LogP contribution in [0.2, 0.25) is 0 Å². The summed E-state index contributed by atoms with van der Waals surface area (Å²) >= 11 is 0. The molecule has 1 N–H and O–H groups in total. The topological polar surface area (TPSA) is 55.4 Å². The van der Waals surface area contributed by atoms with Crippen molar-refractivity contribution in [1.29, 1.82) is 0 Å². The first kappa shape index (κ1) is 16.1. The van der Waals surface area contributed by atoms with Crippen LogP contribution in [0.15, 0.2) is 74.3 Å². The quantitative estimate of drug-likeness (QED) is 0.556. The predicted molar refractivity (Wildman–Crippen MR) is 98.6 cm³/mol. The van der Waals surface area contributed by atoms with Gasteiger partial charge in [-0.2, -0.15) is 0 Å². The number of fused-ring (bicyclic) bond motifs is 1. The molecule has 0 fully saturated rings. The summed E-state index contributed by atoms with van der Waals surface area (Å²) in [6, 6.07) is 17.7. The molecule has 0 amide bonds. The summed E-state index contributed by atoms with van der Waals surface area (Å²) in [5.74, 6) is 0.343. The van der Waals surface area contributed by atoms with E-state index >= 15 is 0 Å². The van der Waals surface area contributed by atoms with Crippen LogP contribution in [0.3, 0.4) is 0 Å². The zero-order valence-electron chi connectivity index (χ0n) is 14.1. The van der Waals surface area contributed by atoms with Crippen molar-refractivity contribution in [3.63, 3.8) is 0 Å². The smallest absolute Gasteiger partial charge is 0.347 e. The molecule has 0 atom stereocenters. The monoisotopic (exact) mass is 349 g/mol. The summed E-state index contributed by atoms with van der Waals surface area (Å²) in [5, 5.41) is 3.41. The van der Waals surface area contributed by atoms with Gasteiger partial charge in [-0.3, -0.25) is 0 Å². The zero-order chi connectivity index (χ0) is 18.1. The first-order valence-electron chi connectivity index (χ1n) is 8.23. The van der Waals surface area contributed by atoms with Gasteiger partial charge in [0.25, 0.3) is 0 Å². The number of hydrogen-bond acceptors (Lipinski definition) is 4. The SMILES string of the molecule is Cc1cc2oc(NCc3ccccc3)c(-c3ccccc3F)c2c(=O)o1. The second-order valence-corrected chi connectivity index (χ2v) is 6.01. The van der Waals surface area contributed by atoms with E-state index in [4.69, 9.17) is 8.83 Å². The Bertz CT molecular complexity index is 1130. The van der Waals surface area contributed by atoms with Crippen molar-refractivity contribution in [2.24, 2.45) is 0 Å². The fourth-order valence-corrected chi connectivity index (χ4v) is 2.99. The highest BCUT2D eigenvalue weighted by Gasteiger charge is 2.22. The zero-order valence-corrected chi connectivity index (χ0v) is 14.1. The number of rotatable bonds is 4. The Balaban J connectivity index is 1.89. The highest BCUT2D eigenvalue weighted by atomic mass is 19.1. The summed E-state index contributed by atoms with van der Waals surface area (Å²) in [5.41, 5.74) is 1.53. The van der Waals surface area contributed by atoms with E-state index in [2.05, 4.69) is 5.32 Å². The van der Waals surface area contributed by atoms with Crippen LogP contribution in [0, 0.1) is 12.7 Å². The maximum Gasteiger partial charge on any atom is 0.347 e. The Morgan fingerprint density at radius 2 is 1.73 bits per heavy atom. The van der Waals surface area contributed by atoms with Gasteiger partial charge >= 0.3 is 5.63 Å². The fourth-order valence-electron chi connectivity index (χ4n) is 2.99. The van der Waals surface area contributed by atoms with Crippen molar-refractivity contribution in [3.8, 4) is 11.1 Å². The van der Waals surface area contributed by atoms with Crippen LogP contribution < -0.4 is 10.9 Å². The average Bonchev–Trinajstić information content (AvgIpc) is 2.99. The molecule has 0 saturated heterocycles. The fraction of sp³-hybridized carbons (Fsp3) is 0.0952. The number of aryl methyl sites for hydroxylation is 1. The molecule has 2 aromatic carbocycles. The van der Waals surface area contributed by atoms with Crippen molar-refractivity contribution < 1.29 is 13.2 Å². The van der Waals surface area contributed by atoms with Gasteiger partial charge in [-0.15, -0.1) is 0 Å². The summed E-state index contributed by atoms with van der Waals surface area (Å²) < 4.78 is 25.5. The summed E-state index contributed by atoms with van der Waals surface area (Å²) in [6.07, 6.45) is 0. The van der Waals surface area contributed by atoms with Crippen molar-refractivity contribution in [2.45, 2.75) is 13.5 Å². The molecular weight excluding hydrogens is 333 g/mol. The third kappa shape index (κ3) is 2.88. The molecule has 0 saturated carbocycles. The largest absolute Gasteiger partial charge is 0.440 e. The van der Waals surface area contributed by atoms with E-state index in [9.17, 15) is 9.18 Å². The van der Waals surface area contributed by atoms with E-state index in [0.29, 0.717) is 29.3 Å². The van der Waals surface area contributed by atoms with Gasteiger partial charge in [0.1, 0.15) is 22.5 Å². The molecule has 130 valence electrons. The van der Waals surface area contributed by atoms with Crippen LogP contribution in [-0.4, -0.2) is 0 Å². The maximum absolute atomic E-state index is 14.4. The minimum Gasteiger partial charge on any atom is -0.440 e. The van der Waals surface area contributed by atoms with Crippen LogP contribution in [0.1, 0.15) is 11.3 Å². The van der Waals surface area contributed by atoms with E-state index in [1.165, 1.54) is 6.07 Å². The first-order chi connectivity index (χ1) is 12.6. The van der Waals surface area contributed by atoms with Crippen molar-refractivity contribution in [3.05, 3.63) is 88.2 Å². The highest BCUT2D eigenvalue weighted by molar-refractivity contribution is 5.99. The highest BCUT2D eigenvalue weighted by Crippen LogP contribution is 2.38. The van der Waals surface area contributed by atoms with E-state index in [1.807, 2.05) is 30.3 Å². The van der Waals surface area contributed by atoms with Crippen LogP contribution in [0.5, 0.6) is 0 Å². The molecule has 4 rings (SSSR count). The van der Waals surface area contributed by atoms with Gasteiger partial charge in [-0.05, 0) is 18.6 Å². The van der Waals surface area contributed by atoms with Crippen LogP contribution in [0.4, 0.5) is 10.3 Å². The third-order valence-corrected chi connectivity index (χ3v) is 4.17. The lowest BCUT2D eigenvalue weighted by Crippen LogP contribution is -2.02. The molecule has 5 heteroatoms. The average molecular weight is 349 g/mol. The van der Waals surface area contributed by atoms with Gasteiger partial charge in [0.05, 0.1) is 5.56 Å². The van der Waals surface area contributed by atoms with E-state index in [1.54, 1.807) is 31.2 Å². The second-order valence-electron chi connectivity index (χ2n) is 6.01. The number of nitrogens with one attached hydrogen (secondary N) is 1. The van der Waals surface area contributed by atoms with Crippen LogP contribution >= 0.6 is 0 Å². The minimum atomic E-state index is -0.547. The maximum atomic E-state index is 14.4. The van der Waals surface area contributed by atoms with Gasteiger partial charge in [0, 0.05) is 18.2 Å². The Labute approximate surface area is 148 Å². The molecule has 4 aromatic rings. The third-order valence-electron chi connectivity index (χ3n) is 4.17. The van der Waals surface area contributed by atoms with Gasteiger partial charge < -0.3 is 14.2 Å². The van der Waals surface area contributed by atoms with Crippen LogP contribution in [-0.2, 0) is 6.54 Å². The molecule has 0 radical (unpaired) electrons.